The van der Waals surface area contributed by atoms with Crippen molar-refractivity contribution in [1.29, 1.82) is 0 Å². The minimum Gasteiger partial charge on any atom is -0.465 e. The fraction of sp³-hybridized carbons (Fsp3) is 0.208. The third-order valence-electron chi connectivity index (χ3n) is 5.03. The molecule has 0 spiro atoms. The maximum atomic E-state index is 12.9. The van der Waals surface area contributed by atoms with E-state index in [-0.39, 0.29) is 0 Å². The number of ether oxygens (including phenoxy) is 2. The average Bonchev–Trinajstić information content (AvgIpc) is 2.74. The van der Waals surface area contributed by atoms with Crippen LogP contribution >= 0.6 is 0 Å². The Morgan fingerprint density at radius 1 is 0.724 bits per heavy atom. The van der Waals surface area contributed by atoms with E-state index in [1.54, 1.807) is 0 Å². The smallest absolute Gasteiger partial charge is 0.344 e. The molecule has 0 aliphatic carbocycles. The lowest BCUT2D eigenvalue weighted by molar-refractivity contribution is -0.609. The highest BCUT2D eigenvalue weighted by molar-refractivity contribution is 6.06. The largest absolute Gasteiger partial charge is 0.465 e. The second kappa shape index (κ2) is 8.27. The third kappa shape index (κ3) is 3.63. The molecule has 5 heteroatoms. The molecule has 0 bridgehead atoms. The maximum absolute atomic E-state index is 12.9. The highest BCUT2D eigenvalue weighted by atomic mass is 16.5. The van der Waals surface area contributed by atoms with Crippen molar-refractivity contribution >= 4 is 11.9 Å². The van der Waals surface area contributed by atoms with Gasteiger partial charge in [0.25, 0.3) is 0 Å². The monoisotopic (exact) mass is 390 g/mol. The Morgan fingerprint density at radius 3 is 1.66 bits per heavy atom. The molecule has 1 heterocycles. The summed E-state index contributed by atoms with van der Waals surface area (Å²) in [6.07, 6.45) is 0. The first kappa shape index (κ1) is 20.3. The molecule has 0 N–H and O–H groups in total. The Hall–Kier alpha value is -3.47. The summed E-state index contributed by atoms with van der Waals surface area (Å²) in [6.45, 7) is 5.69. The van der Waals surface area contributed by atoms with Crippen molar-refractivity contribution in [3.63, 3.8) is 0 Å². The van der Waals surface area contributed by atoms with Crippen molar-refractivity contribution in [2.24, 2.45) is 0 Å². The first-order valence-corrected chi connectivity index (χ1v) is 9.29. The summed E-state index contributed by atoms with van der Waals surface area (Å²) in [5.41, 5.74) is 5.24. The van der Waals surface area contributed by atoms with Gasteiger partial charge in [-0.3, -0.25) is 0 Å². The molecule has 29 heavy (non-hydrogen) atoms. The third-order valence-corrected chi connectivity index (χ3v) is 5.03. The molecule has 0 saturated heterocycles. The fourth-order valence-electron chi connectivity index (χ4n) is 3.64. The lowest BCUT2D eigenvalue weighted by Gasteiger charge is -2.17. The van der Waals surface area contributed by atoms with E-state index in [0.29, 0.717) is 28.1 Å². The van der Waals surface area contributed by atoms with E-state index in [2.05, 4.69) is 0 Å². The van der Waals surface area contributed by atoms with Gasteiger partial charge in [0.1, 0.15) is 11.1 Å². The van der Waals surface area contributed by atoms with Crippen molar-refractivity contribution in [2.75, 3.05) is 14.2 Å². The molecule has 0 atom stereocenters. The van der Waals surface area contributed by atoms with Gasteiger partial charge in [0.2, 0.25) is 5.69 Å². The van der Waals surface area contributed by atoms with Gasteiger partial charge >= 0.3 is 11.9 Å². The summed E-state index contributed by atoms with van der Waals surface area (Å²) in [4.78, 5) is 25.7. The summed E-state index contributed by atoms with van der Waals surface area (Å²) in [6, 6.07) is 17.3. The van der Waals surface area contributed by atoms with Crippen LogP contribution in [-0.2, 0) is 9.47 Å². The number of hydrogen-bond acceptors (Lipinski definition) is 4. The van der Waals surface area contributed by atoms with Crippen molar-refractivity contribution in [1.82, 2.24) is 0 Å². The van der Waals surface area contributed by atoms with Gasteiger partial charge < -0.3 is 9.47 Å². The maximum Gasteiger partial charge on any atom is 0.344 e. The number of methoxy groups -OCH3 is 2. The first-order chi connectivity index (χ1) is 13.9. The van der Waals surface area contributed by atoms with Crippen LogP contribution in [0.3, 0.4) is 0 Å². The molecule has 3 aromatic rings. The van der Waals surface area contributed by atoms with Crippen molar-refractivity contribution < 1.29 is 23.6 Å². The Balaban J connectivity index is 2.51. The topological polar surface area (TPSA) is 56.5 Å². The lowest BCUT2D eigenvalue weighted by Crippen LogP contribution is -2.42. The summed E-state index contributed by atoms with van der Waals surface area (Å²) >= 11 is 0. The van der Waals surface area contributed by atoms with E-state index in [0.717, 1.165) is 16.8 Å². The number of hydrogen-bond donors (Lipinski definition) is 0. The zero-order valence-electron chi connectivity index (χ0n) is 17.3. The van der Waals surface area contributed by atoms with Crippen molar-refractivity contribution in [3.05, 3.63) is 82.7 Å². The second-order valence-electron chi connectivity index (χ2n) is 6.82. The molecule has 0 amide bonds. The van der Waals surface area contributed by atoms with E-state index in [1.165, 1.54) is 14.2 Å². The van der Waals surface area contributed by atoms with Crippen LogP contribution in [0.25, 0.3) is 16.8 Å². The molecular formula is C24H24NO4+. The predicted octanol–water partition coefficient (Wildman–Crippen LogP) is 4.13. The molecule has 5 nitrogen and oxygen atoms in total. The Morgan fingerprint density at radius 2 is 1.21 bits per heavy atom. The number of rotatable bonds is 4. The lowest BCUT2D eigenvalue weighted by atomic mass is 9.91. The van der Waals surface area contributed by atoms with Gasteiger partial charge in [-0.05, 0) is 12.5 Å². The number of benzene rings is 2. The zero-order chi connectivity index (χ0) is 21.1. The molecule has 0 radical (unpaired) electrons. The minimum absolute atomic E-state index is 0.339. The number of nitrogens with zero attached hydrogens (tertiary/aromatic N) is 1. The summed E-state index contributed by atoms with van der Waals surface area (Å²) < 4.78 is 12.1. The number of carbonyl (C=O) groups is 2. The van der Waals surface area contributed by atoms with Crippen LogP contribution in [-0.4, -0.2) is 26.2 Å². The summed E-state index contributed by atoms with van der Waals surface area (Å²) in [5, 5.41) is 0. The van der Waals surface area contributed by atoms with Crippen LogP contribution in [0.1, 0.15) is 37.7 Å². The minimum atomic E-state index is -0.507. The van der Waals surface area contributed by atoms with Crippen LogP contribution in [0.5, 0.6) is 0 Å². The molecular weight excluding hydrogens is 366 g/mol. The molecule has 0 aliphatic heterocycles. The molecule has 148 valence electrons. The van der Waals surface area contributed by atoms with Gasteiger partial charge in [-0.25, -0.2) is 9.59 Å². The quantitative estimate of drug-likeness (QED) is 0.497. The van der Waals surface area contributed by atoms with Crippen LogP contribution in [0.4, 0.5) is 0 Å². The number of pyridine rings is 1. The zero-order valence-corrected chi connectivity index (χ0v) is 17.3. The van der Waals surface area contributed by atoms with E-state index >= 15 is 0 Å². The van der Waals surface area contributed by atoms with Crippen molar-refractivity contribution in [3.8, 4) is 16.8 Å². The normalized spacial score (nSPS) is 10.5. The van der Waals surface area contributed by atoms with E-state index in [1.807, 2.05) is 79.9 Å². The Labute approximate surface area is 170 Å². The number of esters is 2. The number of aromatic nitrogens is 1. The first-order valence-electron chi connectivity index (χ1n) is 9.29. The van der Waals surface area contributed by atoms with Crippen LogP contribution in [0, 0.1) is 20.8 Å². The predicted molar refractivity (Wildman–Crippen MR) is 110 cm³/mol. The van der Waals surface area contributed by atoms with Gasteiger partial charge in [-0.1, -0.05) is 48.0 Å². The van der Waals surface area contributed by atoms with Crippen LogP contribution < -0.4 is 4.57 Å². The number of aryl methyl sites for hydroxylation is 1. The van der Waals surface area contributed by atoms with E-state index in [4.69, 9.17) is 9.47 Å². The molecule has 1 aromatic heterocycles. The van der Waals surface area contributed by atoms with Crippen molar-refractivity contribution in [2.45, 2.75) is 20.8 Å². The average molecular weight is 390 g/mol. The SMILES string of the molecule is COC(=O)c1c(-c2ccc(C)cc2)c(C(=O)OC)c(C)[n+](-c2ccccc2)c1C. The Bertz CT molecular complexity index is 1030. The molecule has 3 rings (SSSR count). The van der Waals surface area contributed by atoms with E-state index in [9.17, 15) is 9.59 Å². The highest BCUT2D eigenvalue weighted by Crippen LogP contribution is 2.32. The summed E-state index contributed by atoms with van der Waals surface area (Å²) in [5.74, 6) is -1.01. The van der Waals surface area contributed by atoms with Gasteiger partial charge in [0, 0.05) is 31.5 Å². The highest BCUT2D eigenvalue weighted by Gasteiger charge is 2.35. The second-order valence-corrected chi connectivity index (χ2v) is 6.82. The van der Waals surface area contributed by atoms with Gasteiger partial charge in [0.15, 0.2) is 11.4 Å². The fourth-order valence-corrected chi connectivity index (χ4v) is 3.64. The Kier molecular flexibility index (Phi) is 5.78. The summed E-state index contributed by atoms with van der Waals surface area (Å²) in [7, 11) is 2.68. The van der Waals surface area contributed by atoms with Gasteiger partial charge in [-0.2, -0.15) is 4.57 Å². The molecule has 0 aliphatic rings. The molecule has 0 saturated carbocycles. The number of para-hydroxylation sites is 1. The molecule has 0 fully saturated rings. The standard InChI is InChI=1S/C24H24NO4/c1-15-11-13-18(14-12-15)22-20(23(26)28-4)16(2)25(19-9-7-6-8-10-19)17(3)21(22)24(27)29-5/h6-14H,1-5H3/q+1. The number of carbonyl (C=O) groups excluding carboxylic acids is 2. The van der Waals surface area contributed by atoms with Crippen LogP contribution in [0.15, 0.2) is 54.6 Å². The molecule has 0 unspecified atom stereocenters. The van der Waals surface area contributed by atoms with Gasteiger partial charge in [-0.15, -0.1) is 0 Å². The van der Waals surface area contributed by atoms with Crippen LogP contribution in [0.2, 0.25) is 0 Å². The molecule has 2 aromatic carbocycles. The van der Waals surface area contributed by atoms with E-state index < -0.39 is 11.9 Å². The van der Waals surface area contributed by atoms with Gasteiger partial charge in [0.05, 0.1) is 14.2 Å².